The minimum Gasteiger partial charge on any atom is -0.325 e. The van der Waals surface area contributed by atoms with Gasteiger partial charge >= 0.3 is 6.18 Å². The second-order valence-corrected chi connectivity index (χ2v) is 7.60. The third-order valence-corrected chi connectivity index (χ3v) is 5.69. The van der Waals surface area contributed by atoms with E-state index >= 15 is 0 Å². The van der Waals surface area contributed by atoms with Crippen molar-refractivity contribution in [1.29, 1.82) is 0 Å². The minimum atomic E-state index is -4.48. The number of carbonyl (C=O) groups excluding carboxylic acids is 1. The maximum Gasteiger partial charge on any atom is 0.416 e. The van der Waals surface area contributed by atoms with Crippen LogP contribution in [0.5, 0.6) is 0 Å². The smallest absolute Gasteiger partial charge is 0.325 e. The molecule has 1 amide bonds. The highest BCUT2D eigenvalue weighted by Gasteiger charge is 2.37. The number of aryl methyl sites for hydroxylation is 1. The highest BCUT2D eigenvalue weighted by molar-refractivity contribution is 8.00. The first-order chi connectivity index (χ1) is 13.8. The molecule has 0 saturated carbocycles. The van der Waals surface area contributed by atoms with Gasteiger partial charge in [-0.25, -0.2) is 4.68 Å². The molecule has 2 atom stereocenters. The molecule has 2 heterocycles. The average molecular weight is 419 g/mol. The van der Waals surface area contributed by atoms with E-state index in [9.17, 15) is 18.0 Å². The van der Waals surface area contributed by atoms with Crippen LogP contribution >= 0.6 is 11.8 Å². The van der Waals surface area contributed by atoms with Crippen molar-refractivity contribution in [1.82, 2.24) is 14.9 Å². The van der Waals surface area contributed by atoms with E-state index in [0.717, 1.165) is 17.7 Å². The molecule has 150 valence electrons. The van der Waals surface area contributed by atoms with Crippen LogP contribution in [-0.2, 0) is 11.0 Å². The summed E-state index contributed by atoms with van der Waals surface area (Å²) in [7, 11) is 0. The van der Waals surface area contributed by atoms with Crippen molar-refractivity contribution in [2.24, 2.45) is 0 Å². The van der Waals surface area contributed by atoms with Gasteiger partial charge in [0.05, 0.1) is 11.6 Å². The second kappa shape index (κ2) is 7.43. The first-order valence-corrected chi connectivity index (χ1v) is 9.59. The molecule has 10 heteroatoms. The second-order valence-electron chi connectivity index (χ2n) is 6.49. The molecule has 0 unspecified atom stereocenters. The summed E-state index contributed by atoms with van der Waals surface area (Å²) in [5, 5.41) is 10.5. The van der Waals surface area contributed by atoms with Gasteiger partial charge in [-0.15, -0.1) is 10.2 Å². The van der Waals surface area contributed by atoms with E-state index in [1.165, 1.54) is 23.9 Å². The Labute approximate surface area is 168 Å². The molecule has 2 N–H and O–H groups in total. The van der Waals surface area contributed by atoms with E-state index in [4.69, 9.17) is 0 Å². The van der Waals surface area contributed by atoms with Gasteiger partial charge in [-0.3, -0.25) is 4.79 Å². The Morgan fingerprint density at radius 2 is 1.90 bits per heavy atom. The van der Waals surface area contributed by atoms with E-state index < -0.39 is 28.9 Å². The predicted octanol–water partition coefficient (Wildman–Crippen LogP) is 4.00. The van der Waals surface area contributed by atoms with Crippen molar-refractivity contribution in [3.05, 3.63) is 71.5 Å². The molecule has 0 radical (unpaired) electrons. The van der Waals surface area contributed by atoms with Crippen LogP contribution in [0.2, 0.25) is 0 Å². The SMILES string of the molecule is Cc1nnc2n1N[C@H](c1ccccc1)[C@H](C(=O)Nc1cccc(C(F)(F)F)c1)S2. The first kappa shape index (κ1) is 19.3. The third kappa shape index (κ3) is 3.93. The molecular weight excluding hydrogens is 403 g/mol. The molecule has 0 spiro atoms. The Morgan fingerprint density at radius 3 is 2.62 bits per heavy atom. The summed E-state index contributed by atoms with van der Waals surface area (Å²) in [5.74, 6) is 0.216. The number of thioether (sulfide) groups is 1. The molecule has 0 aliphatic carbocycles. The number of benzene rings is 2. The van der Waals surface area contributed by atoms with Crippen LogP contribution < -0.4 is 10.7 Å². The van der Waals surface area contributed by atoms with Crippen LogP contribution in [0.1, 0.15) is 23.0 Å². The number of aromatic nitrogens is 3. The number of anilines is 1. The van der Waals surface area contributed by atoms with E-state index in [1.54, 1.807) is 11.6 Å². The van der Waals surface area contributed by atoms with E-state index in [0.29, 0.717) is 11.0 Å². The molecule has 1 aromatic heterocycles. The molecule has 29 heavy (non-hydrogen) atoms. The van der Waals surface area contributed by atoms with Crippen LogP contribution in [0.15, 0.2) is 59.8 Å². The maximum absolute atomic E-state index is 13.0. The van der Waals surface area contributed by atoms with Crippen LogP contribution in [0, 0.1) is 6.92 Å². The molecule has 3 aromatic rings. The van der Waals surface area contributed by atoms with Gasteiger partial charge in [-0.05, 0) is 30.7 Å². The lowest BCUT2D eigenvalue weighted by molar-refractivity contribution is -0.137. The Morgan fingerprint density at radius 1 is 1.14 bits per heavy atom. The lowest BCUT2D eigenvalue weighted by Gasteiger charge is -2.32. The number of fused-ring (bicyclic) bond motifs is 1. The molecule has 0 fully saturated rings. The fourth-order valence-corrected chi connectivity index (χ4v) is 4.18. The monoisotopic (exact) mass is 419 g/mol. The lowest BCUT2D eigenvalue weighted by atomic mass is 10.0. The Kier molecular flexibility index (Phi) is 4.95. The number of carbonyl (C=O) groups is 1. The lowest BCUT2D eigenvalue weighted by Crippen LogP contribution is -2.41. The summed E-state index contributed by atoms with van der Waals surface area (Å²) in [4.78, 5) is 13.0. The van der Waals surface area contributed by atoms with Crippen LogP contribution in [0.25, 0.3) is 0 Å². The van der Waals surface area contributed by atoms with Crippen LogP contribution in [-0.4, -0.2) is 26.0 Å². The Balaban J connectivity index is 1.63. The minimum absolute atomic E-state index is 0.0838. The van der Waals surface area contributed by atoms with E-state index in [1.807, 2.05) is 30.3 Å². The van der Waals surface area contributed by atoms with Gasteiger partial charge in [-0.2, -0.15) is 13.2 Å². The van der Waals surface area contributed by atoms with Crippen molar-refractivity contribution in [2.75, 3.05) is 10.7 Å². The van der Waals surface area contributed by atoms with Crippen molar-refractivity contribution in [2.45, 2.75) is 29.5 Å². The molecular formula is C19H16F3N5OS. The number of amides is 1. The number of rotatable bonds is 3. The fourth-order valence-electron chi connectivity index (χ4n) is 3.06. The molecule has 2 aromatic carbocycles. The highest BCUT2D eigenvalue weighted by atomic mass is 32.2. The summed E-state index contributed by atoms with van der Waals surface area (Å²) in [6, 6.07) is 13.5. The number of halogens is 3. The van der Waals surface area contributed by atoms with Gasteiger partial charge in [0, 0.05) is 5.69 Å². The standard InChI is InChI=1S/C19H16F3N5OS/c1-11-24-25-18-27(11)26-15(12-6-3-2-4-7-12)16(29-18)17(28)23-14-9-5-8-13(10-14)19(20,21)22/h2-10,15-16,26H,1H3,(H,23,28)/t15-,16-/m1/s1. The Hall–Kier alpha value is -3.01. The largest absolute Gasteiger partial charge is 0.416 e. The third-order valence-electron chi connectivity index (χ3n) is 4.47. The quantitative estimate of drug-likeness (QED) is 0.672. The topological polar surface area (TPSA) is 71.8 Å². The molecule has 4 rings (SSSR count). The van der Waals surface area contributed by atoms with Gasteiger partial charge in [0.1, 0.15) is 11.1 Å². The van der Waals surface area contributed by atoms with Gasteiger partial charge in [0.25, 0.3) is 0 Å². The zero-order chi connectivity index (χ0) is 20.6. The number of hydrogen-bond acceptors (Lipinski definition) is 5. The molecule has 0 saturated heterocycles. The van der Waals surface area contributed by atoms with Crippen molar-refractivity contribution >= 4 is 23.4 Å². The molecule has 1 aliphatic heterocycles. The maximum atomic E-state index is 13.0. The summed E-state index contributed by atoms with van der Waals surface area (Å²) in [5.41, 5.74) is 3.37. The van der Waals surface area contributed by atoms with Crippen molar-refractivity contribution in [3.63, 3.8) is 0 Å². The number of nitrogens with one attached hydrogen (secondary N) is 2. The summed E-state index contributed by atoms with van der Waals surface area (Å²) < 4.78 is 40.6. The Bertz CT molecular complexity index is 1040. The fraction of sp³-hybridized carbons (Fsp3) is 0.211. The summed E-state index contributed by atoms with van der Waals surface area (Å²) in [6.07, 6.45) is -4.48. The van der Waals surface area contributed by atoms with Crippen molar-refractivity contribution in [3.8, 4) is 0 Å². The zero-order valence-electron chi connectivity index (χ0n) is 15.1. The average Bonchev–Trinajstić information content (AvgIpc) is 3.07. The van der Waals surface area contributed by atoms with Gasteiger partial charge in [0.15, 0.2) is 0 Å². The summed E-state index contributed by atoms with van der Waals surface area (Å²) in [6.45, 7) is 1.79. The van der Waals surface area contributed by atoms with Gasteiger partial charge < -0.3 is 10.7 Å². The van der Waals surface area contributed by atoms with Crippen LogP contribution in [0.3, 0.4) is 0 Å². The van der Waals surface area contributed by atoms with E-state index in [-0.39, 0.29) is 5.69 Å². The summed E-state index contributed by atoms with van der Waals surface area (Å²) >= 11 is 1.21. The molecule has 1 aliphatic rings. The van der Waals surface area contributed by atoms with Gasteiger partial charge in [-0.1, -0.05) is 48.2 Å². The molecule has 6 nitrogen and oxygen atoms in total. The number of hydrogen-bond donors (Lipinski definition) is 2. The van der Waals surface area contributed by atoms with Gasteiger partial charge in [0.2, 0.25) is 11.1 Å². The number of alkyl halides is 3. The zero-order valence-corrected chi connectivity index (χ0v) is 16.0. The highest BCUT2D eigenvalue weighted by Crippen LogP contribution is 2.37. The van der Waals surface area contributed by atoms with E-state index in [2.05, 4.69) is 20.9 Å². The normalized spacial score (nSPS) is 18.6. The van der Waals surface area contributed by atoms with Crippen molar-refractivity contribution < 1.29 is 18.0 Å². The predicted molar refractivity (Wildman–Crippen MR) is 103 cm³/mol. The first-order valence-electron chi connectivity index (χ1n) is 8.71. The van der Waals surface area contributed by atoms with Crippen LogP contribution in [0.4, 0.5) is 18.9 Å². The molecule has 0 bridgehead atoms. The number of nitrogens with zero attached hydrogens (tertiary/aromatic N) is 3.